The van der Waals surface area contributed by atoms with E-state index in [0.29, 0.717) is 18.2 Å². The van der Waals surface area contributed by atoms with Gasteiger partial charge in [-0.25, -0.2) is 9.67 Å². The number of halogens is 1. The van der Waals surface area contributed by atoms with E-state index in [1.54, 1.807) is 11.0 Å². The second kappa shape index (κ2) is 7.38. The largest absolute Gasteiger partial charge is 0.350 e. The maximum atomic E-state index is 12.2. The van der Waals surface area contributed by atoms with Crippen molar-refractivity contribution in [3.05, 3.63) is 42.0 Å². The summed E-state index contributed by atoms with van der Waals surface area (Å²) in [6, 6.07) is 6.01. The first-order valence-electron chi connectivity index (χ1n) is 7.21. The highest BCUT2D eigenvalue weighted by atomic mass is 35.5. The number of hydrogen-bond acceptors (Lipinski definition) is 4. The minimum atomic E-state index is -0.0306. The van der Waals surface area contributed by atoms with E-state index >= 15 is 0 Å². The van der Waals surface area contributed by atoms with Crippen LogP contribution >= 0.6 is 12.4 Å². The molecular formula is C15H20ClN5O. The topological polar surface area (TPSA) is 71.8 Å². The van der Waals surface area contributed by atoms with E-state index < -0.39 is 0 Å². The third-order valence-electron chi connectivity index (χ3n) is 3.80. The van der Waals surface area contributed by atoms with E-state index in [1.807, 2.05) is 25.1 Å². The molecule has 1 atom stereocenters. The molecule has 1 aliphatic rings. The fraction of sp³-hybridized carbons (Fsp3) is 0.400. The maximum Gasteiger partial charge on any atom is 0.251 e. The first-order chi connectivity index (χ1) is 10.2. The van der Waals surface area contributed by atoms with Gasteiger partial charge in [0, 0.05) is 18.2 Å². The summed E-state index contributed by atoms with van der Waals surface area (Å²) < 4.78 is 1.69. The van der Waals surface area contributed by atoms with Crippen LogP contribution in [-0.4, -0.2) is 39.8 Å². The number of aryl methyl sites for hydroxylation is 1. The quantitative estimate of drug-likeness (QED) is 0.894. The van der Waals surface area contributed by atoms with Crippen LogP contribution in [0.3, 0.4) is 0 Å². The molecule has 6 nitrogen and oxygen atoms in total. The van der Waals surface area contributed by atoms with Crippen LogP contribution in [-0.2, 0) is 0 Å². The Balaban J connectivity index is 0.00000176. The van der Waals surface area contributed by atoms with Gasteiger partial charge in [0.25, 0.3) is 5.91 Å². The van der Waals surface area contributed by atoms with Crippen molar-refractivity contribution in [2.24, 2.45) is 0 Å². The summed E-state index contributed by atoms with van der Waals surface area (Å²) in [5.41, 5.74) is 2.60. The molecule has 1 aromatic carbocycles. The number of benzene rings is 1. The Morgan fingerprint density at radius 1 is 1.50 bits per heavy atom. The van der Waals surface area contributed by atoms with Crippen LogP contribution in [0, 0.1) is 6.92 Å². The lowest BCUT2D eigenvalue weighted by molar-refractivity contribution is 0.0950. The van der Waals surface area contributed by atoms with E-state index in [1.165, 1.54) is 12.7 Å². The maximum absolute atomic E-state index is 12.2. The fourth-order valence-corrected chi connectivity index (χ4v) is 2.64. The Morgan fingerprint density at radius 3 is 3.00 bits per heavy atom. The van der Waals surface area contributed by atoms with Gasteiger partial charge >= 0.3 is 0 Å². The number of hydrogen-bond donors (Lipinski definition) is 2. The normalized spacial score (nSPS) is 17.0. The lowest BCUT2D eigenvalue weighted by Crippen LogP contribution is -2.37. The SMILES string of the molecule is Cc1cc(C(=O)NCC2CCCN2)ccc1-n1cncn1.Cl. The number of aromatic nitrogens is 3. The summed E-state index contributed by atoms with van der Waals surface area (Å²) in [6.07, 6.45) is 5.46. The van der Waals surface area contributed by atoms with Crippen molar-refractivity contribution in [3.8, 4) is 5.69 Å². The van der Waals surface area contributed by atoms with Gasteiger partial charge in [0.1, 0.15) is 12.7 Å². The summed E-state index contributed by atoms with van der Waals surface area (Å²) in [4.78, 5) is 16.1. The Bertz CT molecular complexity index is 623. The highest BCUT2D eigenvalue weighted by Gasteiger charge is 2.15. The van der Waals surface area contributed by atoms with Crippen molar-refractivity contribution in [1.29, 1.82) is 0 Å². The highest BCUT2D eigenvalue weighted by molar-refractivity contribution is 5.94. The van der Waals surface area contributed by atoms with Gasteiger partial charge in [-0.2, -0.15) is 5.10 Å². The van der Waals surface area contributed by atoms with E-state index in [2.05, 4.69) is 20.7 Å². The molecule has 0 spiro atoms. The second-order valence-corrected chi connectivity index (χ2v) is 5.34. The Hall–Kier alpha value is -1.92. The highest BCUT2D eigenvalue weighted by Crippen LogP contribution is 2.14. The third kappa shape index (κ3) is 3.64. The van der Waals surface area contributed by atoms with E-state index in [4.69, 9.17) is 0 Å². The molecule has 2 N–H and O–H groups in total. The van der Waals surface area contributed by atoms with Crippen LogP contribution < -0.4 is 10.6 Å². The van der Waals surface area contributed by atoms with E-state index in [9.17, 15) is 4.79 Å². The molecule has 1 amide bonds. The lowest BCUT2D eigenvalue weighted by atomic mass is 10.1. The Kier molecular flexibility index (Phi) is 5.51. The molecule has 0 bridgehead atoms. The summed E-state index contributed by atoms with van der Waals surface area (Å²) in [7, 11) is 0. The zero-order valence-electron chi connectivity index (χ0n) is 12.5. The average molecular weight is 322 g/mol. The standard InChI is InChI=1S/C15H19N5O.ClH/c1-11-7-12(4-5-14(11)20-10-16-9-19-20)15(21)18-8-13-3-2-6-17-13;/h4-5,7,9-10,13,17H,2-3,6,8H2,1H3,(H,18,21);1H. The van der Waals surface area contributed by atoms with Crippen molar-refractivity contribution < 1.29 is 4.79 Å². The molecule has 0 radical (unpaired) electrons. The minimum Gasteiger partial charge on any atom is -0.350 e. The third-order valence-corrected chi connectivity index (χ3v) is 3.80. The van der Waals surface area contributed by atoms with Crippen molar-refractivity contribution in [2.45, 2.75) is 25.8 Å². The van der Waals surface area contributed by atoms with Gasteiger partial charge in [0.15, 0.2) is 0 Å². The minimum absolute atomic E-state index is 0. The number of nitrogens with zero attached hydrogens (tertiary/aromatic N) is 3. The molecule has 0 aliphatic carbocycles. The summed E-state index contributed by atoms with van der Waals surface area (Å²) in [5, 5.41) is 10.5. The van der Waals surface area contributed by atoms with Gasteiger partial charge < -0.3 is 10.6 Å². The molecule has 118 valence electrons. The number of amides is 1. The molecule has 2 aromatic rings. The van der Waals surface area contributed by atoms with Crippen molar-refractivity contribution >= 4 is 18.3 Å². The number of carbonyl (C=O) groups is 1. The van der Waals surface area contributed by atoms with Gasteiger partial charge in [-0.05, 0) is 50.1 Å². The Labute approximate surface area is 135 Å². The number of rotatable bonds is 4. The van der Waals surface area contributed by atoms with E-state index in [-0.39, 0.29) is 18.3 Å². The zero-order chi connectivity index (χ0) is 14.7. The molecule has 1 aliphatic heterocycles. The van der Waals surface area contributed by atoms with E-state index in [0.717, 1.165) is 24.2 Å². The Morgan fingerprint density at radius 2 is 2.36 bits per heavy atom. The summed E-state index contributed by atoms with van der Waals surface area (Å²) >= 11 is 0. The predicted octanol–water partition coefficient (Wildman–Crippen LogP) is 1.48. The van der Waals surface area contributed by atoms with Crippen LogP contribution in [0.5, 0.6) is 0 Å². The van der Waals surface area contributed by atoms with Crippen LogP contribution in [0.1, 0.15) is 28.8 Å². The van der Waals surface area contributed by atoms with Crippen LogP contribution in [0.4, 0.5) is 0 Å². The van der Waals surface area contributed by atoms with Crippen molar-refractivity contribution in [3.63, 3.8) is 0 Å². The molecule has 2 heterocycles. The van der Waals surface area contributed by atoms with Gasteiger partial charge in [-0.15, -0.1) is 12.4 Å². The molecule has 7 heteroatoms. The smallest absolute Gasteiger partial charge is 0.251 e. The summed E-state index contributed by atoms with van der Waals surface area (Å²) in [5.74, 6) is -0.0306. The molecule has 1 saturated heterocycles. The first kappa shape index (κ1) is 16.5. The molecule has 1 aromatic heterocycles. The zero-order valence-corrected chi connectivity index (χ0v) is 13.3. The molecule has 1 unspecified atom stereocenters. The second-order valence-electron chi connectivity index (χ2n) is 5.34. The van der Waals surface area contributed by atoms with Crippen LogP contribution in [0.15, 0.2) is 30.9 Å². The molecular weight excluding hydrogens is 302 g/mol. The predicted molar refractivity (Wildman–Crippen MR) is 86.7 cm³/mol. The first-order valence-corrected chi connectivity index (χ1v) is 7.21. The van der Waals surface area contributed by atoms with Crippen LogP contribution in [0.25, 0.3) is 5.69 Å². The molecule has 3 rings (SSSR count). The van der Waals surface area contributed by atoms with Crippen LogP contribution in [0.2, 0.25) is 0 Å². The monoisotopic (exact) mass is 321 g/mol. The molecule has 0 saturated carbocycles. The number of nitrogens with one attached hydrogen (secondary N) is 2. The average Bonchev–Trinajstić information content (AvgIpc) is 3.17. The number of carbonyl (C=O) groups excluding carboxylic acids is 1. The molecule has 22 heavy (non-hydrogen) atoms. The summed E-state index contributed by atoms with van der Waals surface area (Å²) in [6.45, 7) is 3.70. The van der Waals surface area contributed by atoms with Gasteiger partial charge in [0.2, 0.25) is 0 Å². The van der Waals surface area contributed by atoms with Gasteiger partial charge in [-0.1, -0.05) is 0 Å². The van der Waals surface area contributed by atoms with Crippen molar-refractivity contribution in [1.82, 2.24) is 25.4 Å². The lowest BCUT2D eigenvalue weighted by Gasteiger charge is -2.12. The van der Waals surface area contributed by atoms with Gasteiger partial charge in [-0.3, -0.25) is 4.79 Å². The van der Waals surface area contributed by atoms with Crippen molar-refractivity contribution in [2.75, 3.05) is 13.1 Å². The van der Waals surface area contributed by atoms with Gasteiger partial charge in [0.05, 0.1) is 5.69 Å². The fourth-order valence-electron chi connectivity index (χ4n) is 2.64. The molecule has 1 fully saturated rings.